The van der Waals surface area contributed by atoms with Crippen LogP contribution in [0.5, 0.6) is 0 Å². The molecular formula is C16H20N2O4. The van der Waals surface area contributed by atoms with E-state index in [1.54, 1.807) is 18.2 Å². The second kappa shape index (κ2) is 8.21. The summed E-state index contributed by atoms with van der Waals surface area (Å²) in [5.74, 6) is 0.414. The maximum Gasteiger partial charge on any atom is 0.319 e. The number of carbonyl (C=O) groups is 1. The number of furan rings is 1. The van der Waals surface area contributed by atoms with Crippen LogP contribution >= 0.6 is 0 Å². The molecule has 1 heterocycles. The quantitative estimate of drug-likeness (QED) is 0.734. The fraction of sp³-hybridized carbons (Fsp3) is 0.312. The van der Waals surface area contributed by atoms with Gasteiger partial charge in [0.25, 0.3) is 0 Å². The van der Waals surface area contributed by atoms with E-state index in [4.69, 9.17) is 9.15 Å². The van der Waals surface area contributed by atoms with Crippen molar-refractivity contribution in [1.29, 1.82) is 0 Å². The van der Waals surface area contributed by atoms with Crippen LogP contribution in [0.25, 0.3) is 0 Å². The molecule has 1 unspecified atom stereocenters. The molecule has 0 saturated carbocycles. The van der Waals surface area contributed by atoms with Crippen LogP contribution in [0.15, 0.2) is 47.1 Å². The standard InChI is InChI=1S/C16H20N2O4/c1-2-21-11-12-6-3-4-7-13(12)18-16(20)17-10-14(19)15-8-5-9-22-15/h3-9,14,19H,2,10-11H2,1H3,(H2,17,18,20). The van der Waals surface area contributed by atoms with Crippen molar-refractivity contribution in [1.82, 2.24) is 5.32 Å². The largest absolute Gasteiger partial charge is 0.467 e. The lowest BCUT2D eigenvalue weighted by Crippen LogP contribution is -2.32. The molecule has 22 heavy (non-hydrogen) atoms. The maximum absolute atomic E-state index is 11.9. The zero-order chi connectivity index (χ0) is 15.8. The first-order valence-corrected chi connectivity index (χ1v) is 7.12. The predicted molar refractivity (Wildman–Crippen MR) is 82.5 cm³/mol. The second-order valence-electron chi connectivity index (χ2n) is 4.66. The lowest BCUT2D eigenvalue weighted by Gasteiger charge is -2.13. The molecule has 6 heteroatoms. The fourth-order valence-electron chi connectivity index (χ4n) is 1.92. The zero-order valence-electron chi connectivity index (χ0n) is 12.4. The molecule has 2 amide bonds. The van der Waals surface area contributed by atoms with Crippen molar-refractivity contribution in [2.45, 2.75) is 19.6 Å². The van der Waals surface area contributed by atoms with Gasteiger partial charge in [0, 0.05) is 17.9 Å². The van der Waals surface area contributed by atoms with Gasteiger partial charge in [-0.25, -0.2) is 4.79 Å². The van der Waals surface area contributed by atoms with Gasteiger partial charge in [-0.3, -0.25) is 0 Å². The third kappa shape index (κ3) is 4.61. The first-order valence-electron chi connectivity index (χ1n) is 7.12. The number of carbonyl (C=O) groups excluding carboxylic acids is 1. The Morgan fingerprint density at radius 2 is 2.14 bits per heavy atom. The van der Waals surface area contributed by atoms with Crippen molar-refractivity contribution in [3.63, 3.8) is 0 Å². The highest BCUT2D eigenvalue weighted by molar-refractivity contribution is 5.90. The number of urea groups is 1. The van der Waals surface area contributed by atoms with Crippen LogP contribution in [-0.2, 0) is 11.3 Å². The average molecular weight is 304 g/mol. The molecule has 0 fully saturated rings. The van der Waals surface area contributed by atoms with E-state index in [1.807, 2.05) is 25.1 Å². The molecule has 2 rings (SSSR count). The zero-order valence-corrected chi connectivity index (χ0v) is 12.4. The van der Waals surface area contributed by atoms with Crippen molar-refractivity contribution < 1.29 is 19.1 Å². The van der Waals surface area contributed by atoms with E-state index in [9.17, 15) is 9.90 Å². The molecule has 2 aromatic rings. The van der Waals surface area contributed by atoms with Crippen molar-refractivity contribution in [3.05, 3.63) is 54.0 Å². The summed E-state index contributed by atoms with van der Waals surface area (Å²) in [5.41, 5.74) is 1.58. The van der Waals surface area contributed by atoms with Gasteiger partial charge in [-0.2, -0.15) is 0 Å². The molecule has 0 radical (unpaired) electrons. The summed E-state index contributed by atoms with van der Waals surface area (Å²) in [4.78, 5) is 11.9. The number of hydrogen-bond acceptors (Lipinski definition) is 4. The van der Waals surface area contributed by atoms with E-state index in [2.05, 4.69) is 10.6 Å². The maximum atomic E-state index is 11.9. The van der Waals surface area contributed by atoms with Crippen LogP contribution in [-0.4, -0.2) is 24.3 Å². The lowest BCUT2D eigenvalue weighted by atomic mass is 10.2. The van der Waals surface area contributed by atoms with Crippen LogP contribution in [0.1, 0.15) is 24.4 Å². The number of ether oxygens (including phenoxy) is 1. The minimum Gasteiger partial charge on any atom is -0.467 e. The van der Waals surface area contributed by atoms with E-state index in [0.717, 1.165) is 5.56 Å². The first kappa shape index (κ1) is 16.1. The van der Waals surface area contributed by atoms with E-state index in [-0.39, 0.29) is 6.54 Å². The molecule has 1 atom stereocenters. The van der Waals surface area contributed by atoms with Crippen LogP contribution in [0.2, 0.25) is 0 Å². The Hall–Kier alpha value is -2.31. The Morgan fingerprint density at radius 1 is 1.32 bits per heavy atom. The average Bonchev–Trinajstić information content (AvgIpc) is 3.06. The van der Waals surface area contributed by atoms with Gasteiger partial charge < -0.3 is 24.9 Å². The predicted octanol–water partition coefficient (Wildman–Crippen LogP) is 2.67. The number of rotatable bonds is 7. The smallest absolute Gasteiger partial charge is 0.319 e. The molecule has 0 spiro atoms. The molecule has 0 aliphatic rings. The van der Waals surface area contributed by atoms with Crippen LogP contribution in [0.4, 0.5) is 10.5 Å². The number of aliphatic hydroxyl groups excluding tert-OH is 1. The van der Waals surface area contributed by atoms with E-state index in [0.29, 0.717) is 24.7 Å². The highest BCUT2D eigenvalue weighted by Gasteiger charge is 2.12. The Labute approximate surface area is 129 Å². The third-order valence-electron chi connectivity index (χ3n) is 3.05. The summed E-state index contributed by atoms with van der Waals surface area (Å²) >= 11 is 0. The number of hydrogen-bond donors (Lipinski definition) is 3. The Kier molecular flexibility index (Phi) is 6.00. The van der Waals surface area contributed by atoms with E-state index >= 15 is 0 Å². The molecule has 3 N–H and O–H groups in total. The Balaban J connectivity index is 1.86. The summed E-state index contributed by atoms with van der Waals surface area (Å²) in [6.07, 6.45) is 0.599. The Bertz CT molecular complexity index is 584. The number of benzene rings is 1. The van der Waals surface area contributed by atoms with Crippen molar-refractivity contribution in [3.8, 4) is 0 Å². The van der Waals surface area contributed by atoms with Crippen LogP contribution in [0.3, 0.4) is 0 Å². The summed E-state index contributed by atoms with van der Waals surface area (Å²) in [6.45, 7) is 3.02. The van der Waals surface area contributed by atoms with Gasteiger partial charge in [-0.15, -0.1) is 0 Å². The number of para-hydroxylation sites is 1. The molecule has 1 aromatic carbocycles. The summed E-state index contributed by atoms with van der Waals surface area (Å²) in [6, 6.07) is 10.4. The molecule has 0 aliphatic heterocycles. The number of aliphatic hydroxyl groups is 1. The first-order chi connectivity index (χ1) is 10.7. The highest BCUT2D eigenvalue weighted by atomic mass is 16.5. The SMILES string of the molecule is CCOCc1ccccc1NC(=O)NCC(O)c1ccco1. The molecule has 6 nitrogen and oxygen atoms in total. The molecule has 0 aliphatic carbocycles. The molecule has 118 valence electrons. The lowest BCUT2D eigenvalue weighted by molar-refractivity contribution is 0.134. The van der Waals surface area contributed by atoms with E-state index in [1.165, 1.54) is 6.26 Å². The minimum absolute atomic E-state index is 0.0625. The second-order valence-corrected chi connectivity index (χ2v) is 4.66. The highest BCUT2D eigenvalue weighted by Crippen LogP contribution is 2.16. The van der Waals surface area contributed by atoms with Crippen molar-refractivity contribution in [2.24, 2.45) is 0 Å². The van der Waals surface area contributed by atoms with Gasteiger partial charge in [-0.1, -0.05) is 18.2 Å². The van der Waals surface area contributed by atoms with Crippen LogP contribution in [0, 0.1) is 0 Å². The summed E-state index contributed by atoms with van der Waals surface area (Å²) in [7, 11) is 0. The van der Waals surface area contributed by atoms with Crippen LogP contribution < -0.4 is 10.6 Å². The van der Waals surface area contributed by atoms with Gasteiger partial charge in [0.05, 0.1) is 19.4 Å². The van der Waals surface area contributed by atoms with Gasteiger partial charge in [0.15, 0.2) is 0 Å². The van der Waals surface area contributed by atoms with Gasteiger partial charge in [0.1, 0.15) is 11.9 Å². The molecular weight excluding hydrogens is 284 g/mol. The normalized spacial score (nSPS) is 11.9. The van der Waals surface area contributed by atoms with Gasteiger partial charge >= 0.3 is 6.03 Å². The minimum atomic E-state index is -0.876. The third-order valence-corrected chi connectivity index (χ3v) is 3.05. The fourth-order valence-corrected chi connectivity index (χ4v) is 1.92. The van der Waals surface area contributed by atoms with Gasteiger partial charge in [0.2, 0.25) is 0 Å². The van der Waals surface area contributed by atoms with E-state index < -0.39 is 12.1 Å². The Morgan fingerprint density at radius 3 is 2.86 bits per heavy atom. The molecule has 0 saturated heterocycles. The molecule has 0 bridgehead atoms. The number of amides is 2. The topological polar surface area (TPSA) is 83.7 Å². The summed E-state index contributed by atoms with van der Waals surface area (Å²) < 4.78 is 10.4. The number of anilines is 1. The summed E-state index contributed by atoms with van der Waals surface area (Å²) in [5, 5.41) is 15.2. The monoisotopic (exact) mass is 304 g/mol. The van der Waals surface area contributed by atoms with Crippen molar-refractivity contribution in [2.75, 3.05) is 18.5 Å². The number of nitrogens with one attached hydrogen (secondary N) is 2. The molecule has 1 aromatic heterocycles. The van der Waals surface area contributed by atoms with Crippen molar-refractivity contribution >= 4 is 11.7 Å². The van der Waals surface area contributed by atoms with Gasteiger partial charge in [-0.05, 0) is 25.1 Å².